The summed E-state index contributed by atoms with van der Waals surface area (Å²) >= 11 is 6.22. The lowest BCUT2D eigenvalue weighted by atomic mass is 9.71. The SMILES string of the molecule is CC1(C)CC(=O)C2=C(C1)Nc1ccccc1N(CC(=O)N1CCN(c3cccc(Cl)c3)CC1)C2C1CC=CCC1. The maximum atomic E-state index is 14.0. The van der Waals surface area contributed by atoms with E-state index in [1.54, 1.807) is 0 Å². The zero-order valence-corrected chi connectivity index (χ0v) is 24.3. The fourth-order valence-corrected chi connectivity index (χ4v) is 7.18. The summed E-state index contributed by atoms with van der Waals surface area (Å²) in [5.41, 5.74) is 4.92. The van der Waals surface area contributed by atoms with Gasteiger partial charge in [-0.25, -0.2) is 0 Å². The molecule has 0 aromatic heterocycles. The van der Waals surface area contributed by atoms with Crippen molar-refractivity contribution in [3.8, 4) is 0 Å². The summed E-state index contributed by atoms with van der Waals surface area (Å²) < 4.78 is 0. The number of hydrogen-bond acceptors (Lipinski definition) is 5. The van der Waals surface area contributed by atoms with Gasteiger partial charge in [0.15, 0.2) is 5.78 Å². The molecule has 0 saturated carbocycles. The van der Waals surface area contributed by atoms with E-state index in [9.17, 15) is 9.59 Å². The third-order valence-electron chi connectivity index (χ3n) is 8.92. The number of ketones is 1. The van der Waals surface area contributed by atoms with Crippen molar-refractivity contribution < 1.29 is 9.59 Å². The Hall–Kier alpha value is -3.25. The van der Waals surface area contributed by atoms with Crippen LogP contribution in [0.2, 0.25) is 5.02 Å². The molecule has 210 valence electrons. The molecular formula is C33H39ClN4O2. The van der Waals surface area contributed by atoms with Gasteiger partial charge < -0.3 is 20.0 Å². The van der Waals surface area contributed by atoms with Crippen LogP contribution in [0.1, 0.15) is 46.0 Å². The first-order valence-electron chi connectivity index (χ1n) is 14.6. The number of para-hydroxylation sites is 2. The quantitative estimate of drug-likeness (QED) is 0.447. The molecule has 2 unspecified atom stereocenters. The molecular weight excluding hydrogens is 520 g/mol. The maximum Gasteiger partial charge on any atom is 0.242 e. The lowest BCUT2D eigenvalue weighted by molar-refractivity contribution is -0.130. The molecule has 0 radical (unpaired) electrons. The number of anilines is 3. The molecule has 1 saturated heterocycles. The van der Waals surface area contributed by atoms with Crippen molar-refractivity contribution in [1.29, 1.82) is 0 Å². The van der Waals surface area contributed by atoms with Gasteiger partial charge in [-0.05, 0) is 67.3 Å². The second-order valence-corrected chi connectivity index (χ2v) is 12.9. The normalized spacial score (nSPS) is 24.3. The number of halogens is 1. The molecule has 6 nitrogen and oxygen atoms in total. The van der Waals surface area contributed by atoms with E-state index >= 15 is 0 Å². The van der Waals surface area contributed by atoms with Crippen LogP contribution in [0.4, 0.5) is 17.1 Å². The molecule has 2 heterocycles. The third kappa shape index (κ3) is 5.38. The van der Waals surface area contributed by atoms with E-state index in [0.29, 0.717) is 19.5 Å². The van der Waals surface area contributed by atoms with E-state index in [-0.39, 0.29) is 35.6 Å². The Morgan fingerprint density at radius 1 is 1.02 bits per heavy atom. The summed E-state index contributed by atoms with van der Waals surface area (Å²) in [6.07, 6.45) is 8.81. The molecule has 2 aliphatic heterocycles. The first kappa shape index (κ1) is 26.9. The van der Waals surface area contributed by atoms with Crippen molar-refractivity contribution in [3.63, 3.8) is 0 Å². The van der Waals surface area contributed by atoms with Gasteiger partial charge in [-0.3, -0.25) is 9.59 Å². The van der Waals surface area contributed by atoms with E-state index in [2.05, 4.69) is 59.3 Å². The molecule has 40 heavy (non-hydrogen) atoms. The highest BCUT2D eigenvalue weighted by atomic mass is 35.5. The smallest absolute Gasteiger partial charge is 0.242 e. The Kier molecular flexibility index (Phi) is 7.39. The second kappa shape index (κ2) is 11.0. The molecule has 2 aromatic carbocycles. The number of allylic oxidation sites excluding steroid dienone is 3. The summed E-state index contributed by atoms with van der Waals surface area (Å²) in [5.74, 6) is 0.615. The number of rotatable bonds is 4. The molecule has 4 aliphatic rings. The third-order valence-corrected chi connectivity index (χ3v) is 9.15. The number of amides is 1. The zero-order valence-electron chi connectivity index (χ0n) is 23.5. The van der Waals surface area contributed by atoms with E-state index in [1.807, 2.05) is 35.2 Å². The predicted molar refractivity (Wildman–Crippen MR) is 163 cm³/mol. The highest BCUT2D eigenvalue weighted by Gasteiger charge is 2.44. The van der Waals surface area contributed by atoms with E-state index in [0.717, 1.165) is 72.1 Å². The average molecular weight is 559 g/mol. The van der Waals surface area contributed by atoms with E-state index in [1.165, 1.54) is 0 Å². The van der Waals surface area contributed by atoms with Crippen LogP contribution in [0.3, 0.4) is 0 Å². The molecule has 1 fully saturated rings. The number of benzene rings is 2. The van der Waals surface area contributed by atoms with Gasteiger partial charge in [-0.2, -0.15) is 0 Å². The van der Waals surface area contributed by atoms with Gasteiger partial charge in [0.2, 0.25) is 5.91 Å². The van der Waals surface area contributed by atoms with Gasteiger partial charge in [0.1, 0.15) is 0 Å². The van der Waals surface area contributed by atoms with Crippen molar-refractivity contribution in [1.82, 2.24) is 4.90 Å². The van der Waals surface area contributed by atoms with Gasteiger partial charge >= 0.3 is 0 Å². The Bertz CT molecular complexity index is 1360. The Morgan fingerprint density at radius 2 is 1.82 bits per heavy atom. The molecule has 0 bridgehead atoms. The number of nitrogens with zero attached hydrogens (tertiary/aromatic N) is 3. The van der Waals surface area contributed by atoms with Gasteiger partial charge in [-0.15, -0.1) is 0 Å². The maximum absolute atomic E-state index is 14.0. The predicted octanol–water partition coefficient (Wildman–Crippen LogP) is 6.29. The lowest BCUT2D eigenvalue weighted by Crippen LogP contribution is -2.54. The highest BCUT2D eigenvalue weighted by Crippen LogP contribution is 2.46. The van der Waals surface area contributed by atoms with Crippen molar-refractivity contribution in [2.24, 2.45) is 11.3 Å². The summed E-state index contributed by atoms with van der Waals surface area (Å²) in [4.78, 5) is 34.4. The van der Waals surface area contributed by atoms with Gasteiger partial charge in [0.05, 0.1) is 24.0 Å². The Balaban J connectivity index is 1.31. The van der Waals surface area contributed by atoms with E-state index < -0.39 is 0 Å². The number of carbonyl (C=O) groups is 2. The molecule has 7 heteroatoms. The van der Waals surface area contributed by atoms with Crippen LogP contribution in [0.5, 0.6) is 0 Å². The largest absolute Gasteiger partial charge is 0.368 e. The number of nitrogens with one attached hydrogen (secondary N) is 1. The van der Waals surface area contributed by atoms with Crippen molar-refractivity contribution in [2.75, 3.05) is 47.8 Å². The zero-order chi connectivity index (χ0) is 27.9. The van der Waals surface area contributed by atoms with Crippen LogP contribution >= 0.6 is 11.6 Å². The van der Waals surface area contributed by atoms with Crippen LogP contribution in [0.15, 0.2) is 72.0 Å². The molecule has 6 rings (SSSR count). The number of piperazine rings is 1. The van der Waals surface area contributed by atoms with Crippen LogP contribution in [0.25, 0.3) is 0 Å². The van der Waals surface area contributed by atoms with Crippen LogP contribution in [-0.2, 0) is 9.59 Å². The minimum absolute atomic E-state index is 0.0947. The number of hydrogen-bond donors (Lipinski definition) is 1. The average Bonchev–Trinajstić information content (AvgIpc) is 3.07. The summed E-state index contributed by atoms with van der Waals surface area (Å²) in [7, 11) is 0. The lowest BCUT2D eigenvalue weighted by Gasteiger charge is -2.43. The fourth-order valence-electron chi connectivity index (χ4n) is 7.00. The first-order chi connectivity index (χ1) is 19.3. The molecule has 1 N–H and O–H groups in total. The number of carbonyl (C=O) groups excluding carboxylic acids is 2. The summed E-state index contributed by atoms with van der Waals surface area (Å²) in [5, 5.41) is 4.41. The minimum Gasteiger partial charge on any atom is -0.368 e. The second-order valence-electron chi connectivity index (χ2n) is 12.4. The summed E-state index contributed by atoms with van der Waals surface area (Å²) in [6.45, 7) is 7.47. The highest BCUT2D eigenvalue weighted by molar-refractivity contribution is 6.30. The summed E-state index contributed by atoms with van der Waals surface area (Å²) in [6, 6.07) is 16.0. The monoisotopic (exact) mass is 558 g/mol. The van der Waals surface area contributed by atoms with Crippen LogP contribution in [-0.4, -0.2) is 55.4 Å². The van der Waals surface area contributed by atoms with Gasteiger partial charge in [0, 0.05) is 54.6 Å². The molecule has 2 aliphatic carbocycles. The van der Waals surface area contributed by atoms with Crippen molar-refractivity contribution in [3.05, 3.63) is 77.0 Å². The number of fused-ring (bicyclic) bond motifs is 1. The standard InChI is InChI=1S/C33H39ClN4O2/c1-33(2)20-27-31(29(39)21-33)32(23-9-4-3-5-10-23)38(28-14-7-6-13-26(28)35-27)22-30(40)37-17-15-36(16-18-37)25-12-8-11-24(34)19-25/h3-4,6-8,11-14,19,23,32,35H,5,9-10,15-18,20-22H2,1-2H3. The van der Waals surface area contributed by atoms with E-state index in [4.69, 9.17) is 11.6 Å². The molecule has 0 spiro atoms. The van der Waals surface area contributed by atoms with Gasteiger partial charge in [0.25, 0.3) is 0 Å². The Labute approximate surface area is 242 Å². The molecule has 2 atom stereocenters. The topological polar surface area (TPSA) is 55.9 Å². The van der Waals surface area contributed by atoms with Gasteiger partial charge in [-0.1, -0.05) is 55.8 Å². The Morgan fingerprint density at radius 3 is 2.58 bits per heavy atom. The minimum atomic E-state index is -0.128. The first-order valence-corrected chi connectivity index (χ1v) is 15.0. The van der Waals surface area contributed by atoms with Crippen LogP contribution in [0, 0.1) is 11.3 Å². The number of Topliss-reactive ketones (excluding diaryl/α,β-unsaturated/α-hetero) is 1. The van der Waals surface area contributed by atoms with Crippen molar-refractivity contribution >= 4 is 40.4 Å². The molecule has 2 aromatic rings. The molecule has 1 amide bonds. The van der Waals surface area contributed by atoms with Crippen LogP contribution < -0.4 is 15.1 Å². The fraction of sp³-hybridized carbons (Fsp3) is 0.455. The van der Waals surface area contributed by atoms with Crippen molar-refractivity contribution in [2.45, 2.75) is 52.0 Å².